The molecule has 0 amide bonds. The molecule has 0 N–H and O–H groups in total. The predicted molar refractivity (Wildman–Crippen MR) is 74.3 cm³/mol. The molecule has 0 unspecified atom stereocenters. The van der Waals surface area contributed by atoms with Crippen molar-refractivity contribution in [3.05, 3.63) is 29.8 Å². The highest BCUT2D eigenvalue weighted by Crippen LogP contribution is 2.18. The van der Waals surface area contributed by atoms with E-state index in [0.29, 0.717) is 0 Å². The molecule has 0 radical (unpaired) electrons. The van der Waals surface area contributed by atoms with Gasteiger partial charge in [0.25, 0.3) is 0 Å². The average Bonchev–Trinajstić information content (AvgIpc) is 2.33. The van der Waals surface area contributed by atoms with E-state index in [9.17, 15) is 18.0 Å². The fourth-order valence-electron chi connectivity index (χ4n) is 1.38. The molecule has 0 fully saturated rings. The van der Waals surface area contributed by atoms with Gasteiger partial charge in [-0.2, -0.15) is 0 Å². The molecule has 20 heavy (non-hydrogen) atoms. The van der Waals surface area contributed by atoms with Crippen molar-refractivity contribution in [3.63, 3.8) is 0 Å². The molecule has 0 aromatic heterocycles. The lowest BCUT2D eigenvalue weighted by molar-refractivity contribution is -0.129. The van der Waals surface area contributed by atoms with Crippen molar-refractivity contribution in [2.45, 2.75) is 25.7 Å². The van der Waals surface area contributed by atoms with Gasteiger partial charge in [0.15, 0.2) is 22.2 Å². The molecule has 1 aromatic carbocycles. The van der Waals surface area contributed by atoms with Gasteiger partial charge in [-0.3, -0.25) is 4.79 Å². The molecule has 0 spiro atoms. The number of esters is 1. The third kappa shape index (κ3) is 4.16. The van der Waals surface area contributed by atoms with Crippen LogP contribution in [-0.4, -0.2) is 33.0 Å². The molecule has 0 atom stereocenters. The zero-order valence-electron chi connectivity index (χ0n) is 12.0. The molecule has 0 aliphatic carbocycles. The molecule has 5 nitrogen and oxygen atoms in total. The Bertz CT molecular complexity index is 623. The van der Waals surface area contributed by atoms with Crippen molar-refractivity contribution >= 4 is 21.6 Å². The summed E-state index contributed by atoms with van der Waals surface area (Å²) in [5, 5.41) is 0. The smallest absolute Gasteiger partial charge is 0.339 e. The largest absolute Gasteiger partial charge is 0.454 e. The molecule has 0 heterocycles. The Kier molecular flexibility index (Phi) is 4.70. The standard InChI is InChI=1S/C14H18O5S/c1-14(2,3)12(15)9-19-13(16)10-7-5-6-8-11(10)20(4,17)18/h5-8H,9H2,1-4H3. The van der Waals surface area contributed by atoms with Gasteiger partial charge in [0, 0.05) is 11.7 Å². The van der Waals surface area contributed by atoms with Crippen LogP contribution in [0, 0.1) is 5.41 Å². The SMILES string of the molecule is CC(C)(C)C(=O)COC(=O)c1ccccc1S(C)(=O)=O. The fourth-order valence-corrected chi connectivity index (χ4v) is 2.26. The van der Waals surface area contributed by atoms with E-state index < -0.39 is 21.2 Å². The summed E-state index contributed by atoms with van der Waals surface area (Å²) in [6.07, 6.45) is 1.01. The van der Waals surface area contributed by atoms with Gasteiger partial charge in [-0.25, -0.2) is 13.2 Å². The minimum absolute atomic E-state index is 0.0586. The van der Waals surface area contributed by atoms with Crippen LogP contribution in [0.4, 0.5) is 0 Å². The van der Waals surface area contributed by atoms with Crippen molar-refractivity contribution in [1.82, 2.24) is 0 Å². The molecular formula is C14H18O5S. The van der Waals surface area contributed by atoms with Gasteiger partial charge < -0.3 is 4.74 Å². The Morgan fingerprint density at radius 2 is 1.70 bits per heavy atom. The molecule has 1 rings (SSSR count). The van der Waals surface area contributed by atoms with Crippen LogP contribution in [-0.2, 0) is 19.4 Å². The van der Waals surface area contributed by atoms with E-state index >= 15 is 0 Å². The van der Waals surface area contributed by atoms with Crippen LogP contribution >= 0.6 is 0 Å². The first kappa shape index (κ1) is 16.4. The van der Waals surface area contributed by atoms with E-state index in [0.717, 1.165) is 6.26 Å². The minimum Gasteiger partial charge on any atom is -0.454 e. The molecule has 110 valence electrons. The Labute approximate surface area is 118 Å². The van der Waals surface area contributed by atoms with Crippen molar-refractivity contribution in [1.29, 1.82) is 0 Å². The van der Waals surface area contributed by atoms with Crippen molar-refractivity contribution in [3.8, 4) is 0 Å². The highest BCUT2D eigenvalue weighted by molar-refractivity contribution is 7.90. The van der Waals surface area contributed by atoms with Crippen molar-refractivity contribution in [2.75, 3.05) is 12.9 Å². The number of rotatable bonds is 4. The number of benzene rings is 1. The van der Waals surface area contributed by atoms with Crippen LogP contribution < -0.4 is 0 Å². The summed E-state index contributed by atoms with van der Waals surface area (Å²) in [4.78, 5) is 23.5. The number of ketones is 1. The fraction of sp³-hybridized carbons (Fsp3) is 0.429. The lowest BCUT2D eigenvalue weighted by atomic mass is 9.91. The van der Waals surface area contributed by atoms with Crippen molar-refractivity contribution in [2.24, 2.45) is 5.41 Å². The zero-order chi connectivity index (χ0) is 15.6. The Morgan fingerprint density at radius 1 is 1.15 bits per heavy atom. The van der Waals surface area contributed by atoms with Crippen LogP contribution in [0.25, 0.3) is 0 Å². The molecule has 0 bridgehead atoms. The molecule has 0 saturated heterocycles. The first-order valence-corrected chi connectivity index (χ1v) is 7.92. The number of sulfone groups is 1. The Balaban J connectivity index is 2.93. The molecule has 0 aliphatic heterocycles. The maximum absolute atomic E-state index is 11.9. The van der Waals surface area contributed by atoms with Crippen LogP contribution in [0.15, 0.2) is 29.2 Å². The van der Waals surface area contributed by atoms with Gasteiger partial charge in [-0.1, -0.05) is 32.9 Å². The summed E-state index contributed by atoms with van der Waals surface area (Å²) in [5.74, 6) is -1.05. The van der Waals surface area contributed by atoms with Gasteiger partial charge in [0.1, 0.15) is 0 Å². The summed E-state index contributed by atoms with van der Waals surface area (Å²) in [5.41, 5.74) is -0.673. The Morgan fingerprint density at radius 3 is 2.20 bits per heavy atom. The van der Waals surface area contributed by atoms with Crippen LogP contribution in [0.2, 0.25) is 0 Å². The number of carbonyl (C=O) groups is 2. The maximum Gasteiger partial charge on any atom is 0.339 e. The normalized spacial score (nSPS) is 12.0. The highest BCUT2D eigenvalue weighted by Gasteiger charge is 2.24. The number of ether oxygens (including phenoxy) is 1. The molecule has 0 aliphatic rings. The first-order chi connectivity index (χ1) is 9.03. The lowest BCUT2D eigenvalue weighted by Crippen LogP contribution is -2.26. The third-order valence-corrected chi connectivity index (χ3v) is 3.83. The van der Waals surface area contributed by atoms with E-state index in [1.807, 2.05) is 0 Å². The van der Waals surface area contributed by atoms with Gasteiger partial charge in [0.2, 0.25) is 0 Å². The van der Waals surface area contributed by atoms with E-state index in [-0.39, 0.29) is 22.8 Å². The summed E-state index contributed by atoms with van der Waals surface area (Å²) in [6, 6.07) is 5.75. The quantitative estimate of drug-likeness (QED) is 0.793. The second-order valence-electron chi connectivity index (χ2n) is 5.52. The lowest BCUT2D eigenvalue weighted by Gasteiger charge is -2.16. The van der Waals surface area contributed by atoms with E-state index in [2.05, 4.69) is 0 Å². The monoisotopic (exact) mass is 298 g/mol. The van der Waals surface area contributed by atoms with Crippen LogP contribution in [0.1, 0.15) is 31.1 Å². The summed E-state index contributed by atoms with van der Waals surface area (Å²) in [6.45, 7) is 4.77. The Hall–Kier alpha value is -1.69. The van der Waals surface area contributed by atoms with Crippen LogP contribution in [0.5, 0.6) is 0 Å². The second-order valence-corrected chi connectivity index (χ2v) is 7.50. The number of Topliss-reactive ketones (excluding diaryl/α,β-unsaturated/α-hetero) is 1. The summed E-state index contributed by atoms with van der Waals surface area (Å²) >= 11 is 0. The highest BCUT2D eigenvalue weighted by atomic mass is 32.2. The van der Waals surface area contributed by atoms with Gasteiger partial charge >= 0.3 is 5.97 Å². The summed E-state index contributed by atoms with van der Waals surface area (Å²) < 4.78 is 28.1. The predicted octanol–water partition coefficient (Wildman–Crippen LogP) is 1.86. The van der Waals surface area contributed by atoms with Gasteiger partial charge in [-0.15, -0.1) is 0 Å². The molecule has 1 aromatic rings. The number of hydrogen-bond donors (Lipinski definition) is 0. The van der Waals surface area contributed by atoms with Gasteiger partial charge in [-0.05, 0) is 12.1 Å². The summed E-state index contributed by atoms with van der Waals surface area (Å²) in [7, 11) is -3.53. The van der Waals surface area contributed by atoms with E-state index in [1.54, 1.807) is 20.8 Å². The van der Waals surface area contributed by atoms with Gasteiger partial charge in [0.05, 0.1) is 10.5 Å². The average molecular weight is 298 g/mol. The first-order valence-electron chi connectivity index (χ1n) is 6.03. The maximum atomic E-state index is 11.9. The number of carbonyl (C=O) groups excluding carboxylic acids is 2. The van der Waals surface area contributed by atoms with E-state index in [4.69, 9.17) is 4.74 Å². The second kappa shape index (κ2) is 5.75. The third-order valence-electron chi connectivity index (χ3n) is 2.68. The van der Waals surface area contributed by atoms with E-state index in [1.165, 1.54) is 24.3 Å². The topological polar surface area (TPSA) is 77.5 Å². The zero-order valence-corrected chi connectivity index (χ0v) is 12.8. The molecular weight excluding hydrogens is 280 g/mol. The minimum atomic E-state index is -3.53. The van der Waals surface area contributed by atoms with Crippen molar-refractivity contribution < 1.29 is 22.7 Å². The van der Waals surface area contributed by atoms with Crippen LogP contribution in [0.3, 0.4) is 0 Å². The number of hydrogen-bond acceptors (Lipinski definition) is 5. The molecule has 6 heteroatoms. The molecule has 0 saturated carbocycles.